The summed E-state index contributed by atoms with van der Waals surface area (Å²) < 4.78 is 2.35. The lowest BCUT2D eigenvalue weighted by Gasteiger charge is -2.22. The van der Waals surface area contributed by atoms with Crippen LogP contribution in [0, 0.1) is 20.8 Å². The summed E-state index contributed by atoms with van der Waals surface area (Å²) in [7, 11) is 2.19. The molecular weight excluding hydrogens is 350 g/mol. The van der Waals surface area contributed by atoms with Crippen LogP contribution in [0.25, 0.3) is 33.2 Å². The summed E-state index contributed by atoms with van der Waals surface area (Å²) in [5.41, 5.74) is 12.2. The minimum atomic E-state index is 0.0170. The van der Waals surface area contributed by atoms with Crippen LogP contribution in [0.3, 0.4) is 0 Å². The second-order valence-corrected chi connectivity index (χ2v) is 9.17. The number of hydrogen-bond donors (Lipinski definition) is 0. The lowest BCUT2D eigenvalue weighted by Crippen LogP contribution is -2.35. The van der Waals surface area contributed by atoms with E-state index in [2.05, 4.69) is 107 Å². The first-order valence-electron chi connectivity index (χ1n) is 10.4. The van der Waals surface area contributed by atoms with Gasteiger partial charge in [-0.3, -0.25) is 0 Å². The molecule has 29 heavy (non-hydrogen) atoms. The Morgan fingerprint density at radius 1 is 0.724 bits per heavy atom. The van der Waals surface area contributed by atoms with Gasteiger partial charge in [0.2, 0.25) is 5.69 Å². The predicted molar refractivity (Wildman–Crippen MR) is 122 cm³/mol. The minimum absolute atomic E-state index is 0.0170. The van der Waals surface area contributed by atoms with E-state index in [-0.39, 0.29) is 5.41 Å². The van der Waals surface area contributed by atoms with Gasteiger partial charge in [0.25, 0.3) is 0 Å². The summed E-state index contributed by atoms with van der Waals surface area (Å²) in [5.74, 6) is 0. The summed E-state index contributed by atoms with van der Waals surface area (Å²) >= 11 is 0. The number of fused-ring (bicyclic) bond motifs is 4. The van der Waals surface area contributed by atoms with Crippen molar-refractivity contribution in [3.63, 3.8) is 0 Å². The van der Waals surface area contributed by atoms with Crippen LogP contribution in [0.1, 0.15) is 41.8 Å². The third kappa shape index (κ3) is 2.50. The maximum absolute atomic E-state index is 2.46. The second kappa shape index (κ2) is 6.03. The van der Waals surface area contributed by atoms with E-state index in [0.29, 0.717) is 0 Å². The third-order valence-electron chi connectivity index (χ3n) is 6.87. The summed E-state index contributed by atoms with van der Waals surface area (Å²) in [4.78, 5) is 0. The molecule has 1 aromatic heterocycles. The summed E-state index contributed by atoms with van der Waals surface area (Å²) in [6.45, 7) is 11.3. The number of rotatable bonds is 1. The molecular formula is C28H28N+. The molecule has 1 heteroatoms. The van der Waals surface area contributed by atoms with Crippen LogP contribution in [0.15, 0.2) is 60.7 Å². The van der Waals surface area contributed by atoms with E-state index in [1.54, 1.807) is 0 Å². The Labute approximate surface area is 173 Å². The van der Waals surface area contributed by atoms with Crippen molar-refractivity contribution >= 4 is 10.8 Å². The van der Waals surface area contributed by atoms with Crippen molar-refractivity contribution in [3.05, 3.63) is 88.6 Å². The Morgan fingerprint density at radius 3 is 2.28 bits per heavy atom. The van der Waals surface area contributed by atoms with E-state index in [9.17, 15) is 0 Å². The van der Waals surface area contributed by atoms with E-state index in [1.807, 2.05) is 0 Å². The van der Waals surface area contributed by atoms with Gasteiger partial charge in [-0.1, -0.05) is 61.9 Å². The smallest absolute Gasteiger partial charge is 0.198 e. The van der Waals surface area contributed by atoms with E-state index >= 15 is 0 Å². The Balaban J connectivity index is 1.85. The van der Waals surface area contributed by atoms with Gasteiger partial charge in [0.15, 0.2) is 5.69 Å². The predicted octanol–water partition coefficient (Wildman–Crippen LogP) is 6.56. The molecule has 0 saturated carbocycles. The molecule has 0 spiro atoms. The normalized spacial score (nSPS) is 14.1. The monoisotopic (exact) mass is 378 g/mol. The molecule has 0 aliphatic heterocycles. The summed E-state index contributed by atoms with van der Waals surface area (Å²) in [5, 5.41) is 2.64. The van der Waals surface area contributed by atoms with Crippen molar-refractivity contribution in [2.24, 2.45) is 7.05 Å². The summed E-state index contributed by atoms with van der Waals surface area (Å²) in [6.07, 6.45) is 0. The molecule has 0 fully saturated rings. The van der Waals surface area contributed by atoms with E-state index < -0.39 is 0 Å². The highest BCUT2D eigenvalue weighted by Gasteiger charge is 2.36. The lowest BCUT2D eigenvalue weighted by atomic mass is 9.81. The number of nitrogens with zero attached hydrogens (tertiary/aromatic N) is 1. The maximum atomic E-state index is 2.46. The van der Waals surface area contributed by atoms with Crippen molar-refractivity contribution in [1.82, 2.24) is 0 Å². The zero-order valence-electron chi connectivity index (χ0n) is 18.2. The largest absolute Gasteiger partial charge is 0.220 e. The van der Waals surface area contributed by atoms with E-state index in [0.717, 1.165) is 0 Å². The molecule has 144 valence electrons. The first kappa shape index (κ1) is 18.1. The number of aromatic nitrogens is 1. The number of pyridine rings is 1. The van der Waals surface area contributed by atoms with E-state index in [4.69, 9.17) is 0 Å². The molecule has 1 nitrogen and oxygen atoms in total. The van der Waals surface area contributed by atoms with Crippen LogP contribution in [-0.4, -0.2) is 0 Å². The molecule has 0 saturated heterocycles. The molecule has 5 rings (SSSR count). The van der Waals surface area contributed by atoms with Gasteiger partial charge in [-0.25, -0.2) is 0 Å². The number of benzene rings is 3. The quantitative estimate of drug-likeness (QED) is 0.330. The first-order chi connectivity index (χ1) is 13.8. The zero-order valence-corrected chi connectivity index (χ0v) is 18.2. The second-order valence-electron chi connectivity index (χ2n) is 9.17. The summed E-state index contributed by atoms with van der Waals surface area (Å²) in [6, 6.07) is 22.8. The van der Waals surface area contributed by atoms with Crippen LogP contribution in [0.2, 0.25) is 0 Å². The number of aryl methyl sites for hydroxylation is 3. The van der Waals surface area contributed by atoms with Gasteiger partial charge in [0.05, 0.1) is 10.9 Å². The molecule has 0 N–H and O–H groups in total. The highest BCUT2D eigenvalue weighted by molar-refractivity contribution is 5.95. The van der Waals surface area contributed by atoms with Crippen molar-refractivity contribution in [1.29, 1.82) is 0 Å². The van der Waals surface area contributed by atoms with Crippen molar-refractivity contribution in [3.8, 4) is 22.4 Å². The molecule has 1 aliphatic rings. The van der Waals surface area contributed by atoms with E-state index in [1.165, 1.54) is 61.1 Å². The van der Waals surface area contributed by atoms with Crippen molar-refractivity contribution in [2.75, 3.05) is 0 Å². The average Bonchev–Trinajstić information content (AvgIpc) is 2.90. The fourth-order valence-electron chi connectivity index (χ4n) is 5.13. The van der Waals surface area contributed by atoms with Crippen LogP contribution >= 0.6 is 0 Å². The molecule has 4 aromatic rings. The van der Waals surface area contributed by atoms with Gasteiger partial charge in [-0.05, 0) is 59.2 Å². The molecule has 0 atom stereocenters. The van der Waals surface area contributed by atoms with Gasteiger partial charge in [0.1, 0.15) is 7.05 Å². The molecule has 0 bridgehead atoms. The third-order valence-corrected chi connectivity index (χ3v) is 6.87. The SMILES string of the molecule is Cc1ccc2c(-c3cc4c(cc3C)-c3ccccc3C4(C)C)[n+](C)c(C)cc2c1. The van der Waals surface area contributed by atoms with Gasteiger partial charge < -0.3 is 0 Å². The van der Waals surface area contributed by atoms with Gasteiger partial charge in [0, 0.05) is 18.4 Å². The van der Waals surface area contributed by atoms with Gasteiger partial charge >= 0.3 is 0 Å². The molecule has 3 aromatic carbocycles. The van der Waals surface area contributed by atoms with Crippen LogP contribution < -0.4 is 4.57 Å². The minimum Gasteiger partial charge on any atom is -0.198 e. The topological polar surface area (TPSA) is 3.88 Å². The van der Waals surface area contributed by atoms with Crippen LogP contribution in [0.5, 0.6) is 0 Å². The maximum Gasteiger partial charge on any atom is 0.220 e. The molecule has 0 amide bonds. The highest BCUT2D eigenvalue weighted by atomic mass is 14.9. The lowest BCUT2D eigenvalue weighted by molar-refractivity contribution is -0.665. The molecule has 0 unspecified atom stereocenters. The van der Waals surface area contributed by atoms with Crippen LogP contribution in [-0.2, 0) is 12.5 Å². The Kier molecular flexibility index (Phi) is 3.77. The molecule has 1 aliphatic carbocycles. The molecule has 0 radical (unpaired) electrons. The first-order valence-corrected chi connectivity index (χ1v) is 10.4. The fraction of sp³-hybridized carbons (Fsp3) is 0.250. The average molecular weight is 379 g/mol. The number of hydrogen-bond acceptors (Lipinski definition) is 0. The van der Waals surface area contributed by atoms with Gasteiger partial charge in [-0.15, -0.1) is 0 Å². The standard InChI is InChI=1S/C28H28N/c1-17-11-12-21-20(13-17)15-19(3)29(6)27(21)23-16-26-24(14-18(23)2)22-9-7-8-10-25(22)28(26,4)5/h7-16H,1-6H3/q+1. The Bertz CT molecular complexity index is 1310. The van der Waals surface area contributed by atoms with Gasteiger partial charge in [-0.2, -0.15) is 4.57 Å². The highest BCUT2D eigenvalue weighted by Crippen LogP contribution is 2.50. The Hall–Kier alpha value is -2.93. The molecule has 1 heterocycles. The van der Waals surface area contributed by atoms with Crippen molar-refractivity contribution in [2.45, 2.75) is 40.0 Å². The van der Waals surface area contributed by atoms with Crippen molar-refractivity contribution < 1.29 is 4.57 Å². The fourth-order valence-corrected chi connectivity index (χ4v) is 5.13. The van der Waals surface area contributed by atoms with Crippen LogP contribution in [0.4, 0.5) is 0 Å². The Morgan fingerprint density at radius 2 is 1.48 bits per heavy atom. The zero-order chi connectivity index (χ0) is 20.5.